The van der Waals surface area contributed by atoms with E-state index in [2.05, 4.69) is 50.5 Å². The summed E-state index contributed by atoms with van der Waals surface area (Å²) in [6.07, 6.45) is -3.47. The third kappa shape index (κ3) is 14.8. The van der Waals surface area contributed by atoms with Crippen molar-refractivity contribution in [2.24, 2.45) is 11.8 Å². The summed E-state index contributed by atoms with van der Waals surface area (Å²) in [4.78, 5) is 50.5. The van der Waals surface area contributed by atoms with E-state index >= 15 is 0 Å². The molecule has 0 aromatic carbocycles. The summed E-state index contributed by atoms with van der Waals surface area (Å²) in [5.74, 6) is -5.79. The van der Waals surface area contributed by atoms with Gasteiger partial charge >= 0.3 is 23.9 Å². The van der Waals surface area contributed by atoms with Gasteiger partial charge in [-0.3, -0.25) is 9.59 Å². The standard InChI is InChI=1S/C21H36O11S4/c1-2-3-29-19(24)14(12-15(22)27-4-8-33)17(20(25)30-6-10-35)18(21(26)31-7-11-36)32-13-16(23)28-5-9-34/h14,17-19,24,33-36H,2-13H2,1H3. The van der Waals surface area contributed by atoms with Gasteiger partial charge in [0.05, 0.1) is 6.42 Å². The van der Waals surface area contributed by atoms with Crippen LogP contribution in [0, 0.1) is 11.8 Å². The van der Waals surface area contributed by atoms with Crippen LogP contribution in [0.5, 0.6) is 0 Å². The Balaban J connectivity index is 6.26. The number of ether oxygens (including phenoxy) is 6. The zero-order valence-electron chi connectivity index (χ0n) is 20.1. The Hall–Kier alpha value is -0.840. The fourth-order valence-electron chi connectivity index (χ4n) is 2.85. The molecule has 0 fully saturated rings. The SMILES string of the molecule is CCCOC(O)C(CC(=O)OCCS)C(C(=O)OCCS)C(OCC(=O)OCCS)C(=O)OCCS. The summed E-state index contributed by atoms with van der Waals surface area (Å²) < 4.78 is 31.1. The highest BCUT2D eigenvalue weighted by molar-refractivity contribution is 7.80. The zero-order chi connectivity index (χ0) is 27.3. The Kier molecular flexibility index (Phi) is 21.7. The second-order valence-corrected chi connectivity index (χ2v) is 8.85. The number of rotatable bonds is 21. The molecule has 0 amide bonds. The quantitative estimate of drug-likeness (QED) is 0.0554. The molecule has 0 aliphatic carbocycles. The minimum absolute atomic E-state index is 0.00331. The van der Waals surface area contributed by atoms with Crippen LogP contribution < -0.4 is 0 Å². The van der Waals surface area contributed by atoms with Gasteiger partial charge in [0.2, 0.25) is 0 Å². The first-order valence-electron chi connectivity index (χ1n) is 11.3. The molecular weight excluding hydrogens is 556 g/mol. The van der Waals surface area contributed by atoms with Crippen LogP contribution in [0.3, 0.4) is 0 Å². The predicted molar refractivity (Wildman–Crippen MR) is 143 cm³/mol. The molecule has 0 saturated carbocycles. The van der Waals surface area contributed by atoms with Crippen molar-refractivity contribution in [3.8, 4) is 0 Å². The van der Waals surface area contributed by atoms with Crippen molar-refractivity contribution in [1.82, 2.24) is 0 Å². The molecular formula is C21H36O11S4. The monoisotopic (exact) mass is 592 g/mol. The maximum absolute atomic E-state index is 13.1. The van der Waals surface area contributed by atoms with Gasteiger partial charge in [-0.15, -0.1) is 0 Å². The van der Waals surface area contributed by atoms with Crippen LogP contribution in [-0.4, -0.2) is 104 Å². The van der Waals surface area contributed by atoms with Gasteiger partial charge < -0.3 is 33.5 Å². The molecule has 0 aliphatic heterocycles. The van der Waals surface area contributed by atoms with Crippen LogP contribution in [0.1, 0.15) is 19.8 Å². The van der Waals surface area contributed by atoms with Crippen molar-refractivity contribution in [3.05, 3.63) is 0 Å². The highest BCUT2D eigenvalue weighted by atomic mass is 32.1. The van der Waals surface area contributed by atoms with Gasteiger partial charge in [-0.1, -0.05) is 6.92 Å². The average molecular weight is 593 g/mol. The number of aliphatic hydroxyl groups excluding tert-OH is 1. The second kappa shape index (κ2) is 22.2. The topological polar surface area (TPSA) is 144 Å². The fourth-order valence-corrected chi connectivity index (χ4v) is 3.21. The number of carbonyl (C=O) groups excluding carboxylic acids is 4. The maximum Gasteiger partial charge on any atom is 0.336 e. The largest absolute Gasteiger partial charge is 0.465 e. The summed E-state index contributed by atoms with van der Waals surface area (Å²) >= 11 is 15.9. The van der Waals surface area contributed by atoms with E-state index in [0.717, 1.165) is 0 Å². The number of hydrogen-bond acceptors (Lipinski definition) is 15. The van der Waals surface area contributed by atoms with Gasteiger partial charge in [0, 0.05) is 35.5 Å². The molecule has 1 N–H and O–H groups in total. The molecule has 0 bridgehead atoms. The number of aliphatic hydroxyl groups is 1. The lowest BCUT2D eigenvalue weighted by atomic mass is 9.84. The summed E-state index contributed by atoms with van der Waals surface area (Å²) in [5, 5.41) is 10.8. The molecule has 4 atom stereocenters. The number of hydrogen-bond donors (Lipinski definition) is 5. The van der Waals surface area contributed by atoms with Crippen LogP contribution in [0.25, 0.3) is 0 Å². The normalized spacial score (nSPS) is 14.3. The van der Waals surface area contributed by atoms with E-state index in [4.69, 9.17) is 28.4 Å². The first-order valence-corrected chi connectivity index (χ1v) is 13.8. The summed E-state index contributed by atoms with van der Waals surface area (Å²) in [5.41, 5.74) is 0. The molecule has 0 aromatic heterocycles. The highest BCUT2D eigenvalue weighted by Gasteiger charge is 2.47. The van der Waals surface area contributed by atoms with Gasteiger partial charge in [-0.2, -0.15) is 50.5 Å². The average Bonchev–Trinajstić information content (AvgIpc) is 2.87. The molecule has 15 heteroatoms. The summed E-state index contributed by atoms with van der Waals surface area (Å²) in [6, 6.07) is 0. The van der Waals surface area contributed by atoms with Crippen molar-refractivity contribution in [3.63, 3.8) is 0 Å². The van der Waals surface area contributed by atoms with Crippen molar-refractivity contribution >= 4 is 74.4 Å². The van der Waals surface area contributed by atoms with E-state index < -0.39 is 61.1 Å². The van der Waals surface area contributed by atoms with Crippen LogP contribution in [0.2, 0.25) is 0 Å². The van der Waals surface area contributed by atoms with Crippen LogP contribution in [0.15, 0.2) is 0 Å². The van der Waals surface area contributed by atoms with E-state index in [0.29, 0.717) is 6.42 Å². The minimum Gasteiger partial charge on any atom is -0.465 e. The van der Waals surface area contributed by atoms with Crippen molar-refractivity contribution in [2.45, 2.75) is 32.2 Å². The van der Waals surface area contributed by atoms with Crippen LogP contribution in [-0.2, 0) is 47.6 Å². The van der Waals surface area contributed by atoms with Gasteiger partial charge in [0.15, 0.2) is 12.4 Å². The van der Waals surface area contributed by atoms with Gasteiger partial charge in [0.1, 0.15) is 39.0 Å². The molecule has 36 heavy (non-hydrogen) atoms. The Morgan fingerprint density at radius 1 is 0.694 bits per heavy atom. The molecule has 11 nitrogen and oxygen atoms in total. The molecule has 0 aromatic rings. The zero-order valence-corrected chi connectivity index (χ0v) is 23.7. The highest BCUT2D eigenvalue weighted by Crippen LogP contribution is 2.29. The van der Waals surface area contributed by atoms with E-state index in [1.165, 1.54) is 0 Å². The minimum atomic E-state index is -1.76. The third-order valence-corrected chi connectivity index (χ3v) is 5.04. The molecule has 210 valence electrons. The smallest absolute Gasteiger partial charge is 0.336 e. The Labute approximate surface area is 233 Å². The first-order chi connectivity index (χ1) is 17.3. The van der Waals surface area contributed by atoms with Crippen LogP contribution in [0.4, 0.5) is 0 Å². The Morgan fingerprint density at radius 3 is 1.72 bits per heavy atom. The predicted octanol–water partition coefficient (Wildman–Crippen LogP) is 0.631. The molecule has 4 unspecified atom stereocenters. The Bertz CT molecular complexity index is 653. The lowest BCUT2D eigenvalue weighted by molar-refractivity contribution is -0.197. The molecule has 0 radical (unpaired) electrons. The molecule has 0 heterocycles. The number of esters is 4. The van der Waals surface area contributed by atoms with Gasteiger partial charge in [-0.25, -0.2) is 9.59 Å². The lowest BCUT2D eigenvalue weighted by Crippen LogP contribution is -2.49. The van der Waals surface area contributed by atoms with Gasteiger partial charge in [0.25, 0.3) is 0 Å². The Morgan fingerprint density at radius 2 is 1.19 bits per heavy atom. The second-order valence-electron chi connectivity index (χ2n) is 7.06. The summed E-state index contributed by atoms with van der Waals surface area (Å²) in [6.45, 7) is 0.865. The van der Waals surface area contributed by atoms with E-state index in [1.807, 2.05) is 0 Å². The molecule has 0 spiro atoms. The van der Waals surface area contributed by atoms with Gasteiger partial charge in [-0.05, 0) is 6.42 Å². The van der Waals surface area contributed by atoms with Crippen molar-refractivity contribution in [2.75, 3.05) is 62.7 Å². The van der Waals surface area contributed by atoms with Crippen molar-refractivity contribution < 1.29 is 52.7 Å². The maximum atomic E-state index is 13.1. The number of thiol groups is 4. The fraction of sp³-hybridized carbons (Fsp3) is 0.810. The third-order valence-electron chi connectivity index (χ3n) is 4.31. The van der Waals surface area contributed by atoms with E-state index in [9.17, 15) is 24.3 Å². The van der Waals surface area contributed by atoms with Crippen LogP contribution >= 0.6 is 50.5 Å². The lowest BCUT2D eigenvalue weighted by Gasteiger charge is -2.32. The molecule has 0 aliphatic rings. The molecule has 0 saturated heterocycles. The number of carbonyl (C=O) groups is 4. The first kappa shape index (κ1) is 35.2. The van der Waals surface area contributed by atoms with Crippen molar-refractivity contribution in [1.29, 1.82) is 0 Å². The molecule has 0 rings (SSSR count). The summed E-state index contributed by atoms with van der Waals surface area (Å²) in [7, 11) is 0. The van der Waals surface area contributed by atoms with E-state index in [1.54, 1.807) is 6.92 Å². The van der Waals surface area contributed by atoms with E-state index in [-0.39, 0.29) is 56.0 Å².